The van der Waals surface area contributed by atoms with Crippen molar-refractivity contribution in [3.63, 3.8) is 0 Å². The zero-order chi connectivity index (χ0) is 10.4. The van der Waals surface area contributed by atoms with Gasteiger partial charge in [-0.05, 0) is 13.3 Å². The summed E-state index contributed by atoms with van der Waals surface area (Å²) >= 11 is 0. The molecular weight excluding hydrogens is 180 g/mol. The van der Waals surface area contributed by atoms with E-state index in [9.17, 15) is 4.79 Å². The highest BCUT2D eigenvalue weighted by Crippen LogP contribution is 1.96. The lowest BCUT2D eigenvalue weighted by molar-refractivity contribution is 0.0756. The first-order chi connectivity index (χ1) is 6.74. The van der Waals surface area contributed by atoms with Crippen molar-refractivity contribution in [2.75, 3.05) is 13.2 Å². The molecule has 76 valence electrons. The van der Waals surface area contributed by atoms with E-state index in [1.165, 1.54) is 6.20 Å². The van der Waals surface area contributed by atoms with Gasteiger partial charge in [-0.15, -0.1) is 0 Å². The van der Waals surface area contributed by atoms with Gasteiger partial charge in [0.1, 0.15) is 12.3 Å². The molecule has 0 fully saturated rings. The van der Waals surface area contributed by atoms with Gasteiger partial charge in [-0.3, -0.25) is 9.78 Å². The average molecular weight is 194 g/mol. The van der Waals surface area contributed by atoms with Crippen molar-refractivity contribution < 1.29 is 9.53 Å². The summed E-state index contributed by atoms with van der Waals surface area (Å²) in [4.78, 5) is 19.4. The van der Waals surface area contributed by atoms with Crippen LogP contribution >= 0.6 is 0 Å². The maximum Gasteiger partial charge on any atom is 0.208 e. The summed E-state index contributed by atoms with van der Waals surface area (Å²) in [6.07, 6.45) is 3.97. The van der Waals surface area contributed by atoms with E-state index in [0.717, 1.165) is 12.1 Å². The van der Waals surface area contributed by atoms with E-state index in [0.29, 0.717) is 12.3 Å². The summed E-state index contributed by atoms with van der Waals surface area (Å²) in [6, 6.07) is 0. The summed E-state index contributed by atoms with van der Waals surface area (Å²) < 4.78 is 5.11. The first-order valence-electron chi connectivity index (χ1n) is 4.63. The summed E-state index contributed by atoms with van der Waals surface area (Å²) in [5.41, 5.74) is 1.17. The zero-order valence-corrected chi connectivity index (χ0v) is 8.49. The largest absolute Gasteiger partial charge is 0.373 e. The molecule has 4 heteroatoms. The van der Waals surface area contributed by atoms with Gasteiger partial charge in [-0.2, -0.15) is 0 Å². The Hall–Kier alpha value is -1.29. The Morgan fingerprint density at radius 1 is 1.43 bits per heavy atom. The second-order valence-corrected chi connectivity index (χ2v) is 3.02. The number of ether oxygens (including phenoxy) is 1. The van der Waals surface area contributed by atoms with E-state index >= 15 is 0 Å². The van der Waals surface area contributed by atoms with Gasteiger partial charge in [-0.1, -0.05) is 6.92 Å². The number of carbonyl (C=O) groups is 1. The van der Waals surface area contributed by atoms with E-state index in [1.54, 1.807) is 6.20 Å². The van der Waals surface area contributed by atoms with Crippen LogP contribution in [0.1, 0.15) is 29.5 Å². The standard InChI is InChI=1S/C10H14N2O2/c1-3-4-14-7-10(13)9-6-11-8(2)5-12-9/h5-6H,3-4,7H2,1-2H3. The fraction of sp³-hybridized carbons (Fsp3) is 0.500. The maximum atomic E-state index is 11.4. The molecule has 0 aliphatic heterocycles. The van der Waals surface area contributed by atoms with Crippen LogP contribution in [0.3, 0.4) is 0 Å². The molecule has 14 heavy (non-hydrogen) atoms. The van der Waals surface area contributed by atoms with Gasteiger partial charge in [-0.25, -0.2) is 4.98 Å². The van der Waals surface area contributed by atoms with Gasteiger partial charge in [0.2, 0.25) is 5.78 Å². The van der Waals surface area contributed by atoms with E-state index < -0.39 is 0 Å². The van der Waals surface area contributed by atoms with Crippen LogP contribution in [0.25, 0.3) is 0 Å². The molecule has 0 bridgehead atoms. The molecule has 0 amide bonds. The molecule has 0 saturated carbocycles. The number of aryl methyl sites for hydroxylation is 1. The lowest BCUT2D eigenvalue weighted by Crippen LogP contribution is -2.11. The van der Waals surface area contributed by atoms with Crippen LogP contribution in [0.2, 0.25) is 0 Å². The summed E-state index contributed by atoms with van der Waals surface area (Å²) in [7, 11) is 0. The molecule has 0 radical (unpaired) electrons. The second kappa shape index (κ2) is 5.44. The fourth-order valence-corrected chi connectivity index (χ4v) is 0.920. The zero-order valence-electron chi connectivity index (χ0n) is 8.49. The highest BCUT2D eigenvalue weighted by molar-refractivity contribution is 5.94. The molecule has 0 saturated heterocycles. The fourth-order valence-electron chi connectivity index (χ4n) is 0.920. The third-order valence-corrected chi connectivity index (χ3v) is 1.65. The van der Waals surface area contributed by atoms with Crippen LogP contribution < -0.4 is 0 Å². The van der Waals surface area contributed by atoms with E-state index in [4.69, 9.17) is 4.74 Å². The highest BCUT2D eigenvalue weighted by atomic mass is 16.5. The van der Waals surface area contributed by atoms with Crippen molar-refractivity contribution >= 4 is 5.78 Å². The lowest BCUT2D eigenvalue weighted by Gasteiger charge is -2.01. The number of hydrogen-bond acceptors (Lipinski definition) is 4. The van der Waals surface area contributed by atoms with Crippen molar-refractivity contribution in [1.82, 2.24) is 9.97 Å². The Morgan fingerprint density at radius 3 is 2.79 bits per heavy atom. The van der Waals surface area contributed by atoms with Gasteiger partial charge in [0, 0.05) is 12.8 Å². The first-order valence-corrected chi connectivity index (χ1v) is 4.63. The van der Waals surface area contributed by atoms with E-state index in [-0.39, 0.29) is 12.4 Å². The van der Waals surface area contributed by atoms with Crippen molar-refractivity contribution in [3.8, 4) is 0 Å². The molecule has 0 unspecified atom stereocenters. The predicted molar refractivity (Wildman–Crippen MR) is 52.2 cm³/mol. The Bertz CT molecular complexity index is 295. The summed E-state index contributed by atoms with van der Waals surface area (Å²) in [6.45, 7) is 4.52. The lowest BCUT2D eigenvalue weighted by atomic mass is 10.3. The molecule has 0 aliphatic rings. The van der Waals surface area contributed by atoms with Gasteiger partial charge in [0.05, 0.1) is 11.9 Å². The quantitative estimate of drug-likeness (QED) is 0.525. The molecule has 0 spiro atoms. The smallest absolute Gasteiger partial charge is 0.208 e. The molecule has 0 N–H and O–H groups in total. The predicted octanol–water partition coefficient (Wildman–Crippen LogP) is 1.39. The number of carbonyl (C=O) groups excluding carboxylic acids is 1. The Kier molecular flexibility index (Phi) is 4.19. The van der Waals surface area contributed by atoms with Crippen LogP contribution in [-0.4, -0.2) is 29.0 Å². The Balaban J connectivity index is 2.48. The molecule has 1 rings (SSSR count). The van der Waals surface area contributed by atoms with Crippen molar-refractivity contribution in [2.45, 2.75) is 20.3 Å². The molecule has 4 nitrogen and oxygen atoms in total. The van der Waals surface area contributed by atoms with Crippen LogP contribution in [0.4, 0.5) is 0 Å². The first kappa shape index (κ1) is 10.8. The minimum atomic E-state index is -0.119. The molecule has 0 atom stereocenters. The van der Waals surface area contributed by atoms with Gasteiger partial charge in [0.15, 0.2) is 0 Å². The minimum Gasteiger partial charge on any atom is -0.373 e. The summed E-state index contributed by atoms with van der Waals surface area (Å²) in [5, 5.41) is 0. The number of aromatic nitrogens is 2. The van der Waals surface area contributed by atoms with Crippen LogP contribution in [0, 0.1) is 6.92 Å². The monoisotopic (exact) mass is 194 g/mol. The Labute approximate surface area is 83.3 Å². The normalized spacial score (nSPS) is 10.1. The van der Waals surface area contributed by atoms with Gasteiger partial charge in [0.25, 0.3) is 0 Å². The number of rotatable bonds is 5. The Morgan fingerprint density at radius 2 is 2.21 bits per heavy atom. The molecule has 0 aromatic carbocycles. The van der Waals surface area contributed by atoms with Gasteiger partial charge < -0.3 is 4.74 Å². The molecular formula is C10H14N2O2. The van der Waals surface area contributed by atoms with E-state index in [2.05, 4.69) is 9.97 Å². The highest BCUT2D eigenvalue weighted by Gasteiger charge is 2.06. The van der Waals surface area contributed by atoms with Crippen LogP contribution in [0.15, 0.2) is 12.4 Å². The molecule has 0 aliphatic carbocycles. The maximum absolute atomic E-state index is 11.4. The van der Waals surface area contributed by atoms with E-state index in [1.807, 2.05) is 13.8 Å². The number of Topliss-reactive ketones (excluding diaryl/α,β-unsaturated/α-hetero) is 1. The SMILES string of the molecule is CCCOCC(=O)c1cnc(C)cn1. The topological polar surface area (TPSA) is 52.1 Å². The number of hydrogen-bond donors (Lipinski definition) is 0. The number of nitrogens with zero attached hydrogens (tertiary/aromatic N) is 2. The van der Waals surface area contributed by atoms with Crippen molar-refractivity contribution in [1.29, 1.82) is 0 Å². The summed E-state index contributed by atoms with van der Waals surface area (Å²) in [5.74, 6) is -0.119. The van der Waals surface area contributed by atoms with Crippen molar-refractivity contribution in [3.05, 3.63) is 23.8 Å². The molecule has 1 aromatic rings. The van der Waals surface area contributed by atoms with Crippen molar-refractivity contribution in [2.24, 2.45) is 0 Å². The third kappa shape index (κ3) is 3.22. The second-order valence-electron chi connectivity index (χ2n) is 3.02. The average Bonchev–Trinajstić information content (AvgIpc) is 2.19. The third-order valence-electron chi connectivity index (χ3n) is 1.65. The molecule has 1 heterocycles. The molecule has 1 aromatic heterocycles. The van der Waals surface area contributed by atoms with Crippen LogP contribution in [0.5, 0.6) is 0 Å². The van der Waals surface area contributed by atoms with Gasteiger partial charge >= 0.3 is 0 Å². The number of ketones is 1. The van der Waals surface area contributed by atoms with Crippen LogP contribution in [-0.2, 0) is 4.74 Å². The minimum absolute atomic E-state index is 0.0889.